The molecule has 2 heterocycles. The average molecular weight is 812 g/mol. The van der Waals surface area contributed by atoms with Crippen molar-refractivity contribution in [2.24, 2.45) is 0 Å². The van der Waals surface area contributed by atoms with E-state index >= 15 is 0 Å². The van der Waals surface area contributed by atoms with Gasteiger partial charge in [-0.2, -0.15) is 16.8 Å². The summed E-state index contributed by atoms with van der Waals surface area (Å²) in [6.07, 6.45) is 5.49. The summed E-state index contributed by atoms with van der Waals surface area (Å²) in [6.45, 7) is 8.73. The molecule has 1 aromatic heterocycles. The minimum absolute atomic E-state index is 0. The van der Waals surface area contributed by atoms with E-state index in [4.69, 9.17) is 32.7 Å². The Morgan fingerprint density at radius 1 is 0.808 bits per heavy atom. The maximum absolute atomic E-state index is 12.7. The number of aromatic nitrogens is 2. The van der Waals surface area contributed by atoms with Crippen LogP contribution in [-0.4, -0.2) is 110 Å². The number of imidazole rings is 1. The van der Waals surface area contributed by atoms with E-state index in [0.29, 0.717) is 47.1 Å². The fraction of sp³-hybridized carbons (Fsp3) is 0.424. The number of aryl methyl sites for hydroxylation is 2. The molecule has 0 bridgehead atoms. The molecule has 0 unspecified atom stereocenters. The Morgan fingerprint density at radius 2 is 1.37 bits per heavy atom. The Bertz CT molecular complexity index is 2100. The molecule has 0 spiro atoms. The van der Waals surface area contributed by atoms with Gasteiger partial charge in [-0.3, -0.25) is 9.11 Å². The fourth-order valence-corrected chi connectivity index (χ4v) is 7.47. The molecule has 14 nitrogen and oxygen atoms in total. The van der Waals surface area contributed by atoms with Crippen LogP contribution < -0.4 is 14.4 Å². The van der Waals surface area contributed by atoms with E-state index in [2.05, 4.69) is 0 Å². The van der Waals surface area contributed by atoms with Gasteiger partial charge >= 0.3 is 11.9 Å². The Hall–Kier alpha value is -2.67. The van der Waals surface area contributed by atoms with Gasteiger partial charge in [0.15, 0.2) is 11.0 Å². The van der Waals surface area contributed by atoms with Crippen LogP contribution in [0, 0.1) is 0 Å². The number of anilines is 2. The number of carbonyl (C=O) groups excluding carboxylic acids is 2. The summed E-state index contributed by atoms with van der Waals surface area (Å²) in [7, 11) is -8.48. The first kappa shape index (κ1) is 43.7. The number of halogens is 2. The number of allylic oxidation sites excluding steroid dienone is 2. The van der Waals surface area contributed by atoms with Gasteiger partial charge in [0.1, 0.15) is 5.82 Å². The Labute approximate surface area is 335 Å². The van der Waals surface area contributed by atoms with Crippen LogP contribution in [0.15, 0.2) is 42.2 Å². The van der Waals surface area contributed by atoms with Crippen LogP contribution >= 0.6 is 23.2 Å². The molecular formula is C33H41Cl2N4NaO10S2+. The maximum atomic E-state index is 12.7. The first-order valence-electron chi connectivity index (χ1n) is 16.3. The smallest absolute Gasteiger partial charge is 0.339 e. The third-order valence-electron chi connectivity index (χ3n) is 8.08. The first-order valence-corrected chi connectivity index (χ1v) is 20.3. The van der Waals surface area contributed by atoms with Crippen molar-refractivity contribution in [1.82, 2.24) is 4.57 Å². The molecule has 0 saturated heterocycles. The third-order valence-corrected chi connectivity index (χ3v) is 10.3. The Kier molecular flexibility index (Phi) is 15.6. The van der Waals surface area contributed by atoms with Crippen molar-refractivity contribution in [3.8, 4) is 0 Å². The van der Waals surface area contributed by atoms with Crippen molar-refractivity contribution in [3.63, 3.8) is 0 Å². The Morgan fingerprint density at radius 3 is 1.92 bits per heavy atom. The van der Waals surface area contributed by atoms with Crippen molar-refractivity contribution >= 4 is 113 Å². The number of esters is 2. The minimum atomic E-state index is -4.24. The van der Waals surface area contributed by atoms with Gasteiger partial charge in [-0.05, 0) is 52.3 Å². The molecule has 2 N–H and O–H groups in total. The van der Waals surface area contributed by atoms with Gasteiger partial charge in [0.25, 0.3) is 26.1 Å². The summed E-state index contributed by atoms with van der Waals surface area (Å²) in [5, 5.41) is 0.360. The molecule has 1 aliphatic heterocycles. The van der Waals surface area contributed by atoms with Crippen LogP contribution in [-0.2, 0) is 42.8 Å². The van der Waals surface area contributed by atoms with Gasteiger partial charge in [-0.15, -0.1) is 0 Å². The minimum Gasteiger partial charge on any atom is -0.462 e. The summed E-state index contributed by atoms with van der Waals surface area (Å²) in [5.74, 6) is -0.936. The van der Waals surface area contributed by atoms with Crippen LogP contribution in [0.4, 0.5) is 11.4 Å². The standard InChI is InChI=1S/C33H40Cl2N4O10S2.Na/c1-5-36-28-20-24(34)22(32(40)48-7-3)18-26(28)38(14-10-16-50(42,43)44)30(36)12-9-13-31-37(6-2)29-21-25(35)23(33(41)49-8-4)19-27(29)39(31)15-11-17-51(45,46)47;/h9,12-13,18-21H,5-8,10-11,14-17H2,1-4H3,(H-,42,43,44,45,46,47);/p+1. The normalized spacial score (nSPS) is 14.0. The molecule has 2 aromatic carbocycles. The summed E-state index contributed by atoms with van der Waals surface area (Å²) in [4.78, 5) is 29.2. The number of hydrogen-bond donors (Lipinski definition) is 2. The second-order valence-electron chi connectivity index (χ2n) is 11.4. The molecule has 0 saturated carbocycles. The van der Waals surface area contributed by atoms with Crippen LogP contribution in [0.2, 0.25) is 10.0 Å². The maximum Gasteiger partial charge on any atom is 0.339 e. The number of fused-ring (bicyclic) bond motifs is 2. The van der Waals surface area contributed by atoms with Crippen LogP contribution in [0.25, 0.3) is 17.1 Å². The zero-order valence-corrected chi connectivity index (χ0v) is 34.8. The molecule has 19 heteroatoms. The second-order valence-corrected chi connectivity index (χ2v) is 15.4. The number of nitrogens with zero attached hydrogens (tertiary/aromatic N) is 4. The second kappa shape index (κ2) is 18.6. The number of benzene rings is 2. The molecule has 1 aliphatic rings. The first-order chi connectivity index (χ1) is 24.0. The van der Waals surface area contributed by atoms with E-state index in [-0.39, 0.29) is 89.9 Å². The van der Waals surface area contributed by atoms with Gasteiger partial charge in [-0.1, -0.05) is 29.3 Å². The summed E-state index contributed by atoms with van der Waals surface area (Å²) < 4.78 is 79.3. The van der Waals surface area contributed by atoms with Gasteiger partial charge in [0, 0.05) is 67.3 Å². The van der Waals surface area contributed by atoms with Crippen molar-refractivity contribution in [1.29, 1.82) is 0 Å². The quantitative estimate of drug-likeness (QED) is 0.0860. The summed E-state index contributed by atoms with van der Waals surface area (Å²) >= 11 is 13.1. The van der Waals surface area contributed by atoms with Crippen molar-refractivity contribution < 1.29 is 49.6 Å². The van der Waals surface area contributed by atoms with E-state index < -0.39 is 43.7 Å². The molecule has 52 heavy (non-hydrogen) atoms. The van der Waals surface area contributed by atoms with Crippen LogP contribution in [0.3, 0.4) is 0 Å². The van der Waals surface area contributed by atoms with E-state index in [9.17, 15) is 35.5 Å². The van der Waals surface area contributed by atoms with Gasteiger partial charge in [0.05, 0.1) is 70.4 Å². The van der Waals surface area contributed by atoms with Gasteiger partial charge in [0.2, 0.25) is 0 Å². The zero-order valence-electron chi connectivity index (χ0n) is 29.6. The molecule has 279 valence electrons. The van der Waals surface area contributed by atoms with Crippen molar-refractivity contribution in [3.05, 3.63) is 69.2 Å². The van der Waals surface area contributed by atoms with E-state index in [1.165, 1.54) is 0 Å². The number of rotatable bonds is 16. The molecule has 0 amide bonds. The monoisotopic (exact) mass is 810 g/mol. The topological polar surface area (TPSA) is 177 Å². The number of ether oxygens (including phenoxy) is 2. The zero-order chi connectivity index (χ0) is 37.7. The third kappa shape index (κ3) is 10.3. The molecule has 4 rings (SSSR count). The largest absolute Gasteiger partial charge is 0.462 e. The van der Waals surface area contributed by atoms with E-state index in [0.717, 1.165) is 0 Å². The predicted octanol–water partition coefficient (Wildman–Crippen LogP) is 4.99. The average Bonchev–Trinajstić information content (AvgIpc) is 3.48. The van der Waals surface area contributed by atoms with Crippen molar-refractivity contribution in [2.45, 2.75) is 53.6 Å². The molecule has 0 fully saturated rings. The SMILES string of the molecule is CCOC(=O)c1cc2c(cc1Cl)N(CC)/C(=C\C=C\c1n(CC)c3cc(Cl)c(C(=O)OCC)cc3[n+]1CCCS(=O)(=O)O)N2CCCS(=O)(=O)O.[Na]. The number of carbonyl (C=O) groups is 2. The van der Waals surface area contributed by atoms with Gasteiger partial charge < -0.3 is 19.3 Å². The van der Waals surface area contributed by atoms with Crippen LogP contribution in [0.5, 0.6) is 0 Å². The molecular weight excluding hydrogens is 770 g/mol. The Balaban J connectivity index is 0.00000729. The molecule has 1 radical (unpaired) electrons. The predicted molar refractivity (Wildman–Crippen MR) is 201 cm³/mol. The molecule has 3 aromatic rings. The van der Waals surface area contributed by atoms with Crippen molar-refractivity contribution in [2.75, 3.05) is 47.6 Å². The van der Waals surface area contributed by atoms with Gasteiger partial charge in [-0.25, -0.2) is 18.7 Å². The fourth-order valence-electron chi connectivity index (χ4n) is 6.01. The number of hydrogen-bond acceptors (Lipinski definition) is 10. The summed E-state index contributed by atoms with van der Waals surface area (Å²) in [6, 6.07) is 6.49. The molecule has 0 aliphatic carbocycles. The van der Waals surface area contributed by atoms with E-state index in [1.807, 2.05) is 32.8 Å². The molecule has 0 atom stereocenters. The summed E-state index contributed by atoms with van der Waals surface area (Å²) in [5.41, 5.74) is 2.80. The van der Waals surface area contributed by atoms with Crippen LogP contribution in [0.1, 0.15) is 67.1 Å². The van der Waals surface area contributed by atoms with E-state index in [1.54, 1.807) is 56.3 Å².